The number of hydrogen-bond donors (Lipinski definition) is 2. The van der Waals surface area contributed by atoms with E-state index >= 15 is 0 Å². The maximum absolute atomic E-state index is 11.9. The molecule has 0 saturated heterocycles. The lowest BCUT2D eigenvalue weighted by atomic mass is 9.97. The smallest absolute Gasteiger partial charge is 0.356 e. The second-order valence-corrected chi connectivity index (χ2v) is 4.47. The van der Waals surface area contributed by atoms with Crippen molar-refractivity contribution in [2.75, 3.05) is 0 Å². The highest BCUT2D eigenvalue weighted by atomic mass is 16.4. The number of aromatic carboxylic acids is 1. The molecule has 1 aliphatic carbocycles. The molecule has 0 aromatic carbocycles. The molecular weight excluding hydrogens is 248 g/mol. The van der Waals surface area contributed by atoms with Crippen LogP contribution in [0.1, 0.15) is 34.6 Å². The Labute approximate surface area is 107 Å². The van der Waals surface area contributed by atoms with Crippen LogP contribution in [-0.4, -0.2) is 30.8 Å². The van der Waals surface area contributed by atoms with Crippen molar-refractivity contribution in [3.8, 4) is 5.95 Å². The Morgan fingerprint density at radius 2 is 2.16 bits per heavy atom. The summed E-state index contributed by atoms with van der Waals surface area (Å²) in [6.07, 6.45) is 5.01. The quantitative estimate of drug-likeness (QED) is 0.820. The number of aromatic nitrogens is 4. The van der Waals surface area contributed by atoms with Crippen LogP contribution in [0.5, 0.6) is 0 Å². The van der Waals surface area contributed by atoms with E-state index in [4.69, 9.17) is 5.11 Å². The summed E-state index contributed by atoms with van der Waals surface area (Å²) in [6, 6.07) is 1.36. The molecule has 0 bridgehead atoms. The van der Waals surface area contributed by atoms with E-state index in [-0.39, 0.29) is 17.2 Å². The van der Waals surface area contributed by atoms with Gasteiger partial charge in [0.1, 0.15) is 0 Å². The Morgan fingerprint density at radius 3 is 2.89 bits per heavy atom. The Bertz CT molecular complexity index is 701. The fourth-order valence-electron chi connectivity index (χ4n) is 2.25. The number of H-pyrrole nitrogens is 1. The first kappa shape index (κ1) is 11.6. The monoisotopic (exact) mass is 260 g/mol. The largest absolute Gasteiger partial charge is 0.476 e. The molecule has 7 heteroatoms. The first-order chi connectivity index (χ1) is 9.15. The number of carbonyl (C=O) groups is 1. The van der Waals surface area contributed by atoms with Gasteiger partial charge in [0.2, 0.25) is 5.95 Å². The van der Waals surface area contributed by atoms with E-state index in [1.807, 2.05) is 0 Å². The zero-order valence-corrected chi connectivity index (χ0v) is 10.1. The Kier molecular flexibility index (Phi) is 2.66. The van der Waals surface area contributed by atoms with Crippen LogP contribution in [0, 0.1) is 0 Å². The number of carboxylic acids is 1. The van der Waals surface area contributed by atoms with Crippen molar-refractivity contribution in [3.63, 3.8) is 0 Å². The van der Waals surface area contributed by atoms with Crippen LogP contribution in [0.2, 0.25) is 0 Å². The fraction of sp³-hybridized carbons (Fsp3) is 0.333. The summed E-state index contributed by atoms with van der Waals surface area (Å²) in [6.45, 7) is 0. The van der Waals surface area contributed by atoms with Crippen molar-refractivity contribution in [1.29, 1.82) is 0 Å². The average Bonchev–Trinajstić information content (AvgIpc) is 2.88. The summed E-state index contributed by atoms with van der Waals surface area (Å²) in [7, 11) is 0. The van der Waals surface area contributed by atoms with E-state index in [2.05, 4.69) is 15.1 Å². The highest BCUT2D eigenvalue weighted by Gasteiger charge is 2.17. The summed E-state index contributed by atoms with van der Waals surface area (Å²) < 4.78 is 1.28. The van der Waals surface area contributed by atoms with Crippen LogP contribution >= 0.6 is 0 Å². The zero-order valence-electron chi connectivity index (χ0n) is 10.1. The van der Waals surface area contributed by atoms with Gasteiger partial charge < -0.3 is 5.11 Å². The summed E-state index contributed by atoms with van der Waals surface area (Å²) in [5.41, 5.74) is 1.28. The van der Waals surface area contributed by atoms with E-state index in [9.17, 15) is 9.59 Å². The number of carboxylic acid groups (broad SMARTS) is 1. The molecule has 2 aromatic heterocycles. The maximum atomic E-state index is 11.9. The molecular formula is C12H12N4O3. The minimum atomic E-state index is -1.11. The summed E-state index contributed by atoms with van der Waals surface area (Å²) in [4.78, 5) is 29.7. The first-order valence-corrected chi connectivity index (χ1v) is 6.06. The number of nitrogens with one attached hydrogen (secondary N) is 1. The lowest BCUT2D eigenvalue weighted by molar-refractivity contribution is 0.0690. The average molecular weight is 260 g/mol. The molecule has 7 nitrogen and oxygen atoms in total. The molecule has 19 heavy (non-hydrogen) atoms. The molecule has 0 saturated carbocycles. The van der Waals surface area contributed by atoms with E-state index in [1.165, 1.54) is 16.9 Å². The zero-order chi connectivity index (χ0) is 13.4. The lowest BCUT2D eigenvalue weighted by Gasteiger charge is -2.14. The van der Waals surface area contributed by atoms with E-state index < -0.39 is 5.97 Å². The molecule has 2 aromatic rings. The van der Waals surface area contributed by atoms with Gasteiger partial charge in [-0.05, 0) is 31.7 Å². The Morgan fingerprint density at radius 1 is 1.37 bits per heavy atom. The number of hydrogen-bond acceptors (Lipinski definition) is 4. The molecule has 98 valence electrons. The second kappa shape index (κ2) is 4.34. The van der Waals surface area contributed by atoms with Crippen LogP contribution in [-0.2, 0) is 12.8 Å². The molecule has 0 aliphatic heterocycles. The van der Waals surface area contributed by atoms with Crippen LogP contribution < -0.4 is 5.56 Å². The van der Waals surface area contributed by atoms with Crippen molar-refractivity contribution >= 4 is 5.97 Å². The second-order valence-electron chi connectivity index (χ2n) is 4.47. The van der Waals surface area contributed by atoms with Crippen molar-refractivity contribution in [1.82, 2.24) is 19.7 Å². The maximum Gasteiger partial charge on any atom is 0.356 e. The number of fused-ring (bicyclic) bond motifs is 1. The van der Waals surface area contributed by atoms with Gasteiger partial charge in [-0.2, -0.15) is 5.10 Å². The van der Waals surface area contributed by atoms with Gasteiger partial charge in [0, 0.05) is 11.8 Å². The SMILES string of the molecule is O=C(O)c1ccn(-c2nc3c(c(=O)[nH]2)CCCC3)n1. The lowest BCUT2D eigenvalue weighted by Crippen LogP contribution is -2.23. The summed E-state index contributed by atoms with van der Waals surface area (Å²) >= 11 is 0. The molecule has 2 N–H and O–H groups in total. The van der Waals surface area contributed by atoms with Crippen LogP contribution in [0.15, 0.2) is 17.1 Å². The van der Waals surface area contributed by atoms with Gasteiger partial charge in [0.05, 0.1) is 5.69 Å². The number of aromatic amines is 1. The van der Waals surface area contributed by atoms with Crippen molar-refractivity contribution in [2.24, 2.45) is 0 Å². The molecule has 0 fully saturated rings. The van der Waals surface area contributed by atoms with E-state index in [0.717, 1.165) is 36.9 Å². The predicted octanol–water partition coefficient (Wildman–Crippen LogP) is 0.533. The number of aryl methyl sites for hydroxylation is 1. The van der Waals surface area contributed by atoms with Crippen LogP contribution in [0.4, 0.5) is 0 Å². The van der Waals surface area contributed by atoms with Gasteiger partial charge in [0.25, 0.3) is 5.56 Å². The molecule has 0 radical (unpaired) electrons. The van der Waals surface area contributed by atoms with E-state index in [1.54, 1.807) is 0 Å². The number of rotatable bonds is 2. The molecule has 3 rings (SSSR count). The van der Waals surface area contributed by atoms with Crippen LogP contribution in [0.25, 0.3) is 5.95 Å². The van der Waals surface area contributed by atoms with Crippen molar-refractivity contribution in [3.05, 3.63) is 39.6 Å². The van der Waals surface area contributed by atoms with Gasteiger partial charge in [0.15, 0.2) is 5.69 Å². The summed E-state index contributed by atoms with van der Waals surface area (Å²) in [5, 5.41) is 12.7. The third-order valence-corrected chi connectivity index (χ3v) is 3.20. The third kappa shape index (κ3) is 2.03. The highest BCUT2D eigenvalue weighted by molar-refractivity contribution is 5.85. The number of nitrogens with zero attached hydrogens (tertiary/aromatic N) is 3. The minimum Gasteiger partial charge on any atom is -0.476 e. The van der Waals surface area contributed by atoms with Crippen molar-refractivity contribution in [2.45, 2.75) is 25.7 Å². The Hall–Kier alpha value is -2.44. The van der Waals surface area contributed by atoms with Crippen LogP contribution in [0.3, 0.4) is 0 Å². The molecule has 0 unspecified atom stereocenters. The minimum absolute atomic E-state index is 0.0830. The molecule has 0 amide bonds. The van der Waals surface area contributed by atoms with Gasteiger partial charge in [-0.15, -0.1) is 0 Å². The molecule has 2 heterocycles. The third-order valence-electron chi connectivity index (χ3n) is 3.20. The van der Waals surface area contributed by atoms with Gasteiger partial charge >= 0.3 is 5.97 Å². The first-order valence-electron chi connectivity index (χ1n) is 6.06. The van der Waals surface area contributed by atoms with E-state index in [0.29, 0.717) is 0 Å². The van der Waals surface area contributed by atoms with Gasteiger partial charge in [-0.3, -0.25) is 9.78 Å². The van der Waals surface area contributed by atoms with Crippen molar-refractivity contribution < 1.29 is 9.90 Å². The topological polar surface area (TPSA) is 101 Å². The molecule has 0 spiro atoms. The highest BCUT2D eigenvalue weighted by Crippen LogP contribution is 2.16. The predicted molar refractivity (Wildman–Crippen MR) is 65.6 cm³/mol. The Balaban J connectivity index is 2.07. The fourth-order valence-corrected chi connectivity index (χ4v) is 2.25. The normalized spacial score (nSPS) is 14.1. The molecule has 0 atom stereocenters. The standard InChI is InChI=1S/C12H12N4O3/c17-10-7-3-1-2-4-8(7)13-12(14-10)16-6-5-9(15-16)11(18)19/h5-6H,1-4H2,(H,18,19)(H,13,14,17). The summed E-state index contributed by atoms with van der Waals surface area (Å²) in [5.74, 6) is -0.850. The van der Waals surface area contributed by atoms with Gasteiger partial charge in [-0.1, -0.05) is 0 Å². The molecule has 1 aliphatic rings. The van der Waals surface area contributed by atoms with Gasteiger partial charge in [-0.25, -0.2) is 14.5 Å².